The third-order valence-electron chi connectivity index (χ3n) is 4.35. The molecule has 0 radical (unpaired) electrons. The Hall–Kier alpha value is 0.350. The summed E-state index contributed by atoms with van der Waals surface area (Å²) >= 11 is 4.75. The number of fused-ring (bicyclic) bond motifs is 2. The summed E-state index contributed by atoms with van der Waals surface area (Å²) in [6, 6.07) is 0. The highest BCUT2D eigenvalue weighted by Crippen LogP contribution is 2.57. The summed E-state index contributed by atoms with van der Waals surface area (Å²) in [5, 5.41) is 0.661. The highest BCUT2D eigenvalue weighted by Gasteiger charge is 2.49. The molecule has 5 unspecified atom stereocenters. The Labute approximate surface area is 81.5 Å². The molecule has 0 aliphatic heterocycles. The van der Waals surface area contributed by atoms with E-state index in [2.05, 4.69) is 20.8 Å². The van der Waals surface area contributed by atoms with Crippen LogP contribution in [0.25, 0.3) is 0 Å². The lowest BCUT2D eigenvalue weighted by Gasteiger charge is -2.38. The van der Waals surface area contributed by atoms with Gasteiger partial charge >= 0.3 is 0 Å². The number of hydrogen-bond donors (Lipinski definition) is 1. The molecule has 0 aromatic heterocycles. The van der Waals surface area contributed by atoms with E-state index in [0.717, 1.165) is 17.8 Å². The highest BCUT2D eigenvalue weighted by molar-refractivity contribution is 7.81. The fourth-order valence-corrected chi connectivity index (χ4v) is 4.10. The maximum atomic E-state index is 4.75. The van der Waals surface area contributed by atoms with Crippen LogP contribution in [-0.2, 0) is 0 Å². The predicted octanol–water partition coefficient (Wildman–Crippen LogP) is 3.38. The van der Waals surface area contributed by atoms with Gasteiger partial charge in [-0.2, -0.15) is 12.6 Å². The average Bonchev–Trinajstić information content (AvgIpc) is 2.23. The van der Waals surface area contributed by atoms with Gasteiger partial charge in [-0.05, 0) is 42.4 Å². The SMILES string of the molecule is CC1CC(S)C2(C)CC(C)C1C2. The van der Waals surface area contributed by atoms with Crippen LogP contribution in [0.4, 0.5) is 0 Å². The van der Waals surface area contributed by atoms with Crippen molar-refractivity contribution in [2.45, 2.75) is 45.3 Å². The second-order valence-electron chi connectivity index (χ2n) is 5.43. The van der Waals surface area contributed by atoms with Crippen LogP contribution in [0.1, 0.15) is 40.0 Å². The molecule has 1 heteroatoms. The molecule has 0 amide bonds. The first-order valence-corrected chi connectivity index (χ1v) is 5.72. The van der Waals surface area contributed by atoms with E-state index in [9.17, 15) is 0 Å². The molecule has 0 aromatic carbocycles. The van der Waals surface area contributed by atoms with Crippen LogP contribution in [0, 0.1) is 23.2 Å². The minimum Gasteiger partial charge on any atom is -0.175 e. The lowest BCUT2D eigenvalue weighted by molar-refractivity contribution is 0.190. The van der Waals surface area contributed by atoms with E-state index in [0.29, 0.717) is 10.7 Å². The standard InChI is InChI=1S/C11H20S/c1-7-4-10(12)11(3)5-8(2)9(7)6-11/h7-10,12H,4-6H2,1-3H3. The summed E-state index contributed by atoms with van der Waals surface area (Å²) < 4.78 is 0. The second kappa shape index (κ2) is 2.67. The topological polar surface area (TPSA) is 0 Å². The van der Waals surface area contributed by atoms with Gasteiger partial charge in [-0.3, -0.25) is 0 Å². The second-order valence-corrected chi connectivity index (χ2v) is 6.06. The van der Waals surface area contributed by atoms with Gasteiger partial charge in [-0.25, -0.2) is 0 Å². The van der Waals surface area contributed by atoms with Crippen LogP contribution in [0.5, 0.6) is 0 Å². The molecule has 0 heterocycles. The molecule has 2 bridgehead atoms. The summed E-state index contributed by atoms with van der Waals surface area (Å²) in [5.74, 6) is 2.86. The Kier molecular flexibility index (Phi) is 1.98. The molecule has 2 aliphatic rings. The Balaban J connectivity index is 2.23. The van der Waals surface area contributed by atoms with E-state index < -0.39 is 0 Å². The maximum absolute atomic E-state index is 4.75. The zero-order chi connectivity index (χ0) is 8.93. The molecule has 2 rings (SSSR count). The van der Waals surface area contributed by atoms with E-state index in [4.69, 9.17) is 12.6 Å². The molecule has 2 fully saturated rings. The van der Waals surface area contributed by atoms with Gasteiger partial charge in [0, 0.05) is 5.25 Å². The first-order valence-electron chi connectivity index (χ1n) is 5.21. The van der Waals surface area contributed by atoms with Gasteiger partial charge in [0.25, 0.3) is 0 Å². The minimum atomic E-state index is 0.569. The molecule has 0 spiro atoms. The maximum Gasteiger partial charge on any atom is 0.00734 e. The van der Waals surface area contributed by atoms with E-state index in [1.807, 2.05) is 0 Å². The van der Waals surface area contributed by atoms with Gasteiger partial charge in [0.15, 0.2) is 0 Å². The van der Waals surface area contributed by atoms with Crippen LogP contribution in [0.2, 0.25) is 0 Å². The molecular weight excluding hydrogens is 164 g/mol. The largest absolute Gasteiger partial charge is 0.175 e. The van der Waals surface area contributed by atoms with Crippen LogP contribution in [0.15, 0.2) is 0 Å². The van der Waals surface area contributed by atoms with Crippen molar-refractivity contribution in [3.8, 4) is 0 Å². The molecule has 5 atom stereocenters. The van der Waals surface area contributed by atoms with Gasteiger partial charge in [-0.15, -0.1) is 0 Å². The smallest absolute Gasteiger partial charge is 0.00734 e. The third kappa shape index (κ3) is 1.13. The van der Waals surface area contributed by atoms with Gasteiger partial charge in [0.05, 0.1) is 0 Å². The van der Waals surface area contributed by atoms with Gasteiger partial charge < -0.3 is 0 Å². The first-order chi connectivity index (χ1) is 5.53. The van der Waals surface area contributed by atoms with Crippen LogP contribution in [0.3, 0.4) is 0 Å². The van der Waals surface area contributed by atoms with Gasteiger partial charge in [0.2, 0.25) is 0 Å². The van der Waals surface area contributed by atoms with E-state index in [1.165, 1.54) is 19.3 Å². The zero-order valence-corrected chi connectivity index (χ0v) is 9.27. The average molecular weight is 184 g/mol. The normalized spacial score (nSPS) is 59.0. The monoisotopic (exact) mass is 184 g/mol. The van der Waals surface area contributed by atoms with Crippen molar-refractivity contribution < 1.29 is 0 Å². The van der Waals surface area contributed by atoms with Crippen molar-refractivity contribution in [1.29, 1.82) is 0 Å². The summed E-state index contributed by atoms with van der Waals surface area (Å²) in [6.07, 6.45) is 4.19. The highest BCUT2D eigenvalue weighted by atomic mass is 32.1. The van der Waals surface area contributed by atoms with Crippen molar-refractivity contribution in [2.24, 2.45) is 23.2 Å². The number of hydrogen-bond acceptors (Lipinski definition) is 1. The summed E-state index contributed by atoms with van der Waals surface area (Å²) in [5.41, 5.74) is 0.569. The quantitative estimate of drug-likeness (QED) is 0.548. The van der Waals surface area contributed by atoms with Crippen molar-refractivity contribution in [2.75, 3.05) is 0 Å². The molecule has 70 valence electrons. The van der Waals surface area contributed by atoms with E-state index in [1.54, 1.807) is 0 Å². The number of rotatable bonds is 0. The lowest BCUT2D eigenvalue weighted by atomic mass is 9.72. The summed E-state index contributed by atoms with van der Waals surface area (Å²) in [6.45, 7) is 7.28. The van der Waals surface area contributed by atoms with Crippen molar-refractivity contribution in [1.82, 2.24) is 0 Å². The van der Waals surface area contributed by atoms with Crippen molar-refractivity contribution >= 4 is 12.6 Å². The lowest BCUT2D eigenvalue weighted by Crippen LogP contribution is -2.33. The minimum absolute atomic E-state index is 0.569. The Morgan fingerprint density at radius 1 is 1.17 bits per heavy atom. The van der Waals surface area contributed by atoms with Crippen LogP contribution < -0.4 is 0 Å². The van der Waals surface area contributed by atoms with Crippen molar-refractivity contribution in [3.05, 3.63) is 0 Å². The molecular formula is C11H20S. The number of thiol groups is 1. The third-order valence-corrected chi connectivity index (χ3v) is 5.19. The summed E-state index contributed by atoms with van der Waals surface area (Å²) in [7, 11) is 0. The Morgan fingerprint density at radius 3 is 2.50 bits per heavy atom. The molecule has 0 aromatic rings. The fraction of sp³-hybridized carbons (Fsp3) is 1.00. The van der Waals surface area contributed by atoms with Gasteiger partial charge in [0.1, 0.15) is 0 Å². The molecule has 0 N–H and O–H groups in total. The van der Waals surface area contributed by atoms with E-state index >= 15 is 0 Å². The zero-order valence-electron chi connectivity index (χ0n) is 8.38. The Morgan fingerprint density at radius 2 is 1.83 bits per heavy atom. The molecule has 12 heavy (non-hydrogen) atoms. The van der Waals surface area contributed by atoms with Crippen LogP contribution >= 0.6 is 12.6 Å². The summed E-state index contributed by atoms with van der Waals surface area (Å²) in [4.78, 5) is 0. The molecule has 0 nitrogen and oxygen atoms in total. The van der Waals surface area contributed by atoms with E-state index in [-0.39, 0.29) is 0 Å². The molecule has 2 saturated carbocycles. The molecule has 0 saturated heterocycles. The predicted molar refractivity (Wildman–Crippen MR) is 56.6 cm³/mol. The van der Waals surface area contributed by atoms with Crippen LogP contribution in [-0.4, -0.2) is 5.25 Å². The fourth-order valence-electron chi connectivity index (χ4n) is 3.56. The van der Waals surface area contributed by atoms with Gasteiger partial charge in [-0.1, -0.05) is 20.8 Å². The van der Waals surface area contributed by atoms with Crippen molar-refractivity contribution in [3.63, 3.8) is 0 Å². The first kappa shape index (κ1) is 8.93. The Bertz CT molecular complexity index is 185. The molecule has 2 aliphatic carbocycles.